The highest BCUT2D eigenvalue weighted by atomic mass is 19.4. The lowest BCUT2D eigenvalue weighted by atomic mass is 9.97. The Bertz CT molecular complexity index is 1010. The van der Waals surface area contributed by atoms with Crippen molar-refractivity contribution in [1.29, 1.82) is 0 Å². The number of carbonyl (C=O) groups excluding carboxylic acids is 1. The van der Waals surface area contributed by atoms with Gasteiger partial charge in [-0.3, -0.25) is 4.79 Å². The fraction of sp³-hybridized carbons (Fsp3) is 0.167. The fourth-order valence-electron chi connectivity index (χ4n) is 2.71. The molecule has 1 aromatic carbocycles. The third-order valence-corrected chi connectivity index (χ3v) is 4.12. The Hall–Kier alpha value is -3.36. The summed E-state index contributed by atoms with van der Waals surface area (Å²) in [5, 5.41) is 2.87. The Morgan fingerprint density at radius 3 is 2.52 bits per heavy atom. The Morgan fingerprint density at radius 1 is 1.15 bits per heavy atom. The first kappa shape index (κ1) is 18.4. The van der Waals surface area contributed by atoms with Crippen LogP contribution in [0.4, 0.5) is 19.0 Å². The number of amides is 1. The molecule has 1 amide bonds. The number of nitrogens with one attached hydrogen (secondary N) is 1. The molecule has 0 aliphatic rings. The van der Waals surface area contributed by atoms with E-state index in [9.17, 15) is 18.0 Å². The normalized spacial score (nSPS) is 11.4. The maximum atomic E-state index is 13.1. The molecule has 0 fully saturated rings. The van der Waals surface area contributed by atoms with Crippen molar-refractivity contribution in [2.45, 2.75) is 13.1 Å². The number of primary amides is 1. The van der Waals surface area contributed by atoms with Gasteiger partial charge < -0.3 is 15.6 Å². The zero-order chi connectivity index (χ0) is 19.8. The van der Waals surface area contributed by atoms with Crippen molar-refractivity contribution in [3.05, 3.63) is 59.7 Å². The van der Waals surface area contributed by atoms with E-state index in [1.807, 2.05) is 0 Å². The quantitative estimate of drug-likeness (QED) is 0.732. The smallest absolute Gasteiger partial charge is 0.373 e. The van der Waals surface area contributed by atoms with Gasteiger partial charge in [-0.15, -0.1) is 0 Å². The number of anilines is 1. The van der Waals surface area contributed by atoms with E-state index in [1.165, 1.54) is 29.4 Å². The van der Waals surface area contributed by atoms with Gasteiger partial charge >= 0.3 is 6.18 Å². The molecule has 0 atom stereocenters. The maximum Gasteiger partial charge on any atom is 0.416 e. The number of rotatable bonds is 4. The van der Waals surface area contributed by atoms with E-state index in [0.29, 0.717) is 22.8 Å². The van der Waals surface area contributed by atoms with Crippen LogP contribution in [0, 0.1) is 6.92 Å². The van der Waals surface area contributed by atoms with Crippen LogP contribution in [0.2, 0.25) is 0 Å². The summed E-state index contributed by atoms with van der Waals surface area (Å²) in [5.74, 6) is 0.238. The summed E-state index contributed by atoms with van der Waals surface area (Å²) in [6.07, 6.45) is -0.184. The zero-order valence-corrected chi connectivity index (χ0v) is 14.5. The Balaban J connectivity index is 2.19. The maximum absolute atomic E-state index is 13.1. The number of nitrogens with two attached hydrogens (primary N) is 1. The van der Waals surface area contributed by atoms with E-state index in [-0.39, 0.29) is 11.1 Å². The summed E-state index contributed by atoms with van der Waals surface area (Å²) >= 11 is 0. The fourth-order valence-corrected chi connectivity index (χ4v) is 2.71. The lowest BCUT2D eigenvalue weighted by Gasteiger charge is -2.11. The number of carbonyl (C=O) groups is 1. The summed E-state index contributed by atoms with van der Waals surface area (Å²) in [6.45, 7) is 1.67. The number of aryl methyl sites for hydroxylation is 1. The van der Waals surface area contributed by atoms with E-state index >= 15 is 0 Å². The lowest BCUT2D eigenvalue weighted by Crippen LogP contribution is -2.11. The Kier molecular flexibility index (Phi) is 4.61. The summed E-state index contributed by atoms with van der Waals surface area (Å²) in [7, 11) is 1.69. The van der Waals surface area contributed by atoms with Crippen LogP contribution in [0.3, 0.4) is 0 Å². The van der Waals surface area contributed by atoms with Gasteiger partial charge in [-0.25, -0.2) is 9.97 Å². The number of aromatic nitrogens is 3. The van der Waals surface area contributed by atoms with E-state index in [0.717, 1.165) is 12.1 Å². The molecule has 140 valence electrons. The van der Waals surface area contributed by atoms with Crippen LogP contribution in [-0.4, -0.2) is 27.5 Å². The molecular formula is C18H16F3N5O. The van der Waals surface area contributed by atoms with Gasteiger partial charge in [-0.2, -0.15) is 13.2 Å². The molecule has 6 nitrogen and oxygen atoms in total. The summed E-state index contributed by atoms with van der Waals surface area (Å²) < 4.78 is 40.8. The lowest BCUT2D eigenvalue weighted by molar-refractivity contribution is -0.137. The summed E-state index contributed by atoms with van der Waals surface area (Å²) in [5.41, 5.74) is 5.92. The molecule has 2 heterocycles. The molecule has 27 heavy (non-hydrogen) atoms. The molecule has 0 aliphatic heterocycles. The molecule has 3 rings (SSSR count). The van der Waals surface area contributed by atoms with Crippen LogP contribution in [-0.2, 0) is 6.18 Å². The number of alkyl halides is 3. The number of benzene rings is 1. The highest BCUT2D eigenvalue weighted by molar-refractivity contribution is 6.00. The average molecular weight is 375 g/mol. The topological polar surface area (TPSA) is 85.8 Å². The highest BCUT2D eigenvalue weighted by Crippen LogP contribution is 2.35. The molecular weight excluding hydrogens is 359 g/mol. The molecule has 0 unspecified atom stereocenters. The van der Waals surface area contributed by atoms with Gasteiger partial charge in [0.25, 0.3) is 5.91 Å². The highest BCUT2D eigenvalue weighted by Gasteiger charge is 2.31. The molecule has 3 N–H and O–H groups in total. The van der Waals surface area contributed by atoms with Gasteiger partial charge in [0, 0.05) is 31.1 Å². The second kappa shape index (κ2) is 6.75. The average Bonchev–Trinajstić information content (AvgIpc) is 3.06. The van der Waals surface area contributed by atoms with Crippen molar-refractivity contribution in [3.63, 3.8) is 0 Å². The van der Waals surface area contributed by atoms with E-state index in [4.69, 9.17) is 5.73 Å². The van der Waals surface area contributed by atoms with E-state index in [1.54, 1.807) is 20.0 Å². The second-order valence-corrected chi connectivity index (χ2v) is 5.90. The van der Waals surface area contributed by atoms with Gasteiger partial charge in [0.1, 0.15) is 18.0 Å². The molecule has 0 spiro atoms. The van der Waals surface area contributed by atoms with Crippen molar-refractivity contribution in [1.82, 2.24) is 14.5 Å². The first-order valence-electron chi connectivity index (χ1n) is 7.91. The SMILES string of the molecule is CNc1cc(-n2cc(C(N)=O)c(-c3cc(C(F)(F)F)ccc3C)c2)ncn1. The van der Waals surface area contributed by atoms with E-state index < -0.39 is 17.6 Å². The largest absolute Gasteiger partial charge is 0.416 e. The van der Waals surface area contributed by atoms with Crippen LogP contribution in [0.25, 0.3) is 16.9 Å². The van der Waals surface area contributed by atoms with Gasteiger partial charge in [0.15, 0.2) is 0 Å². The zero-order valence-electron chi connectivity index (χ0n) is 14.5. The third kappa shape index (κ3) is 3.62. The van der Waals surface area contributed by atoms with Gasteiger partial charge in [0.2, 0.25) is 0 Å². The van der Waals surface area contributed by atoms with Crippen LogP contribution >= 0.6 is 0 Å². The predicted molar refractivity (Wildman–Crippen MR) is 94.6 cm³/mol. The van der Waals surface area contributed by atoms with E-state index in [2.05, 4.69) is 15.3 Å². The minimum Gasteiger partial charge on any atom is -0.373 e. The molecule has 0 saturated carbocycles. The van der Waals surface area contributed by atoms with Gasteiger partial charge in [-0.1, -0.05) is 6.07 Å². The van der Waals surface area contributed by atoms with Crippen molar-refractivity contribution in [2.24, 2.45) is 5.73 Å². The monoisotopic (exact) mass is 375 g/mol. The van der Waals surface area contributed by atoms with Crippen molar-refractivity contribution < 1.29 is 18.0 Å². The van der Waals surface area contributed by atoms with Crippen LogP contribution < -0.4 is 11.1 Å². The minimum absolute atomic E-state index is 0.0991. The Labute approximate surface area is 152 Å². The molecule has 0 aliphatic carbocycles. The molecule has 0 saturated heterocycles. The van der Waals surface area contributed by atoms with Gasteiger partial charge in [-0.05, 0) is 30.2 Å². The minimum atomic E-state index is -4.49. The standard InChI is InChI=1S/C18H16F3N5O/c1-10-3-4-11(18(19,20)21)5-12(10)13-7-26(8-14(13)17(22)27)16-6-15(23-2)24-9-25-16/h3-9H,1-2H3,(H2,22,27)(H,23,24,25). The number of nitrogens with zero attached hydrogens (tertiary/aromatic N) is 3. The summed E-state index contributed by atoms with van der Waals surface area (Å²) in [6, 6.07) is 5.02. The summed E-state index contributed by atoms with van der Waals surface area (Å²) in [4.78, 5) is 20.0. The van der Waals surface area contributed by atoms with Crippen molar-refractivity contribution in [3.8, 4) is 16.9 Å². The third-order valence-electron chi connectivity index (χ3n) is 4.12. The second-order valence-electron chi connectivity index (χ2n) is 5.90. The number of hydrogen-bond donors (Lipinski definition) is 2. The number of hydrogen-bond acceptors (Lipinski definition) is 4. The van der Waals surface area contributed by atoms with Crippen molar-refractivity contribution >= 4 is 11.7 Å². The molecule has 0 radical (unpaired) electrons. The predicted octanol–water partition coefficient (Wildman–Crippen LogP) is 3.40. The molecule has 3 aromatic rings. The van der Waals surface area contributed by atoms with Gasteiger partial charge in [0.05, 0.1) is 11.1 Å². The first-order valence-corrected chi connectivity index (χ1v) is 7.91. The molecule has 9 heteroatoms. The van der Waals surface area contributed by atoms with Crippen LogP contribution in [0.15, 0.2) is 43.0 Å². The molecule has 2 aromatic heterocycles. The number of halogens is 3. The Morgan fingerprint density at radius 2 is 1.89 bits per heavy atom. The van der Waals surface area contributed by atoms with Crippen molar-refractivity contribution in [2.75, 3.05) is 12.4 Å². The molecule has 0 bridgehead atoms. The van der Waals surface area contributed by atoms with Crippen LogP contribution in [0.5, 0.6) is 0 Å². The first-order chi connectivity index (χ1) is 12.7. The van der Waals surface area contributed by atoms with Crippen LogP contribution in [0.1, 0.15) is 21.5 Å².